The number of carbonyl (C=O) groups is 1. The average molecular weight is 392 g/mol. The Hall–Kier alpha value is -2.85. The molecule has 5 atom stereocenters. The summed E-state index contributed by atoms with van der Waals surface area (Å²) >= 11 is 0. The highest BCUT2D eigenvalue weighted by Gasteiger charge is 2.43. The minimum absolute atomic E-state index is 0.0526. The van der Waals surface area contributed by atoms with E-state index in [9.17, 15) is 35.4 Å². The zero-order valence-electron chi connectivity index (χ0n) is 14.8. The van der Waals surface area contributed by atoms with E-state index in [1.807, 2.05) is 0 Å². The summed E-state index contributed by atoms with van der Waals surface area (Å²) in [6.07, 6.45) is -6.90. The molecule has 28 heavy (non-hydrogen) atoms. The molecule has 0 aromatic heterocycles. The van der Waals surface area contributed by atoms with Gasteiger partial charge in [-0.15, -0.1) is 0 Å². The van der Waals surface area contributed by atoms with Crippen LogP contribution < -0.4 is 4.74 Å². The van der Waals surface area contributed by atoms with E-state index in [4.69, 9.17) is 9.47 Å². The van der Waals surface area contributed by atoms with Gasteiger partial charge in [-0.3, -0.25) is 4.79 Å². The lowest BCUT2D eigenvalue weighted by Gasteiger charge is -2.39. The van der Waals surface area contributed by atoms with Crippen LogP contribution in [0.1, 0.15) is 22.8 Å². The Kier molecular flexibility index (Phi) is 5.43. The van der Waals surface area contributed by atoms with Crippen molar-refractivity contribution in [3.8, 4) is 23.0 Å². The van der Waals surface area contributed by atoms with Crippen LogP contribution in [0.4, 0.5) is 0 Å². The fraction of sp³-hybridized carbons (Fsp3) is 0.316. The molecule has 6 N–H and O–H groups in total. The maximum absolute atomic E-state index is 12.8. The van der Waals surface area contributed by atoms with Gasteiger partial charge in [-0.1, -0.05) is 0 Å². The summed E-state index contributed by atoms with van der Waals surface area (Å²) in [6, 6.07) is 7.24. The van der Waals surface area contributed by atoms with Crippen LogP contribution in [0, 0.1) is 0 Å². The Morgan fingerprint density at radius 2 is 1.57 bits per heavy atom. The maximum atomic E-state index is 12.8. The van der Waals surface area contributed by atoms with Crippen molar-refractivity contribution in [1.29, 1.82) is 0 Å². The summed E-state index contributed by atoms with van der Waals surface area (Å²) in [5.74, 6) is -2.01. The van der Waals surface area contributed by atoms with Gasteiger partial charge in [-0.25, -0.2) is 0 Å². The Morgan fingerprint density at radius 1 is 0.929 bits per heavy atom. The molecule has 0 bridgehead atoms. The molecule has 3 rings (SSSR count). The number of aliphatic hydroxyl groups is 3. The van der Waals surface area contributed by atoms with Crippen molar-refractivity contribution in [2.24, 2.45) is 0 Å². The molecule has 0 saturated carbocycles. The Bertz CT molecular complexity index is 864. The lowest BCUT2D eigenvalue weighted by atomic mass is 9.99. The van der Waals surface area contributed by atoms with E-state index in [0.717, 1.165) is 12.1 Å². The van der Waals surface area contributed by atoms with Gasteiger partial charge >= 0.3 is 0 Å². The van der Waals surface area contributed by atoms with Gasteiger partial charge in [0.1, 0.15) is 46.9 Å². The van der Waals surface area contributed by atoms with Gasteiger partial charge in [0.15, 0.2) is 0 Å². The highest BCUT2D eigenvalue weighted by atomic mass is 16.7. The molecule has 0 unspecified atom stereocenters. The minimum Gasteiger partial charge on any atom is -0.508 e. The van der Waals surface area contributed by atoms with E-state index >= 15 is 0 Å². The van der Waals surface area contributed by atoms with E-state index in [1.54, 1.807) is 0 Å². The summed E-state index contributed by atoms with van der Waals surface area (Å²) in [6.45, 7) is 1.46. The van der Waals surface area contributed by atoms with E-state index < -0.39 is 48.0 Å². The van der Waals surface area contributed by atoms with Crippen LogP contribution in [0.3, 0.4) is 0 Å². The van der Waals surface area contributed by atoms with Crippen LogP contribution in [-0.2, 0) is 4.74 Å². The zero-order valence-corrected chi connectivity index (χ0v) is 14.8. The Labute approximate surface area is 159 Å². The van der Waals surface area contributed by atoms with Crippen molar-refractivity contribution in [2.45, 2.75) is 37.6 Å². The van der Waals surface area contributed by atoms with Gasteiger partial charge in [0.25, 0.3) is 0 Å². The van der Waals surface area contributed by atoms with E-state index in [-0.39, 0.29) is 22.6 Å². The van der Waals surface area contributed by atoms with Gasteiger partial charge in [-0.2, -0.15) is 0 Å². The Morgan fingerprint density at radius 3 is 2.21 bits per heavy atom. The lowest BCUT2D eigenvalue weighted by Crippen LogP contribution is -2.58. The van der Waals surface area contributed by atoms with Crippen molar-refractivity contribution in [1.82, 2.24) is 0 Å². The van der Waals surface area contributed by atoms with Gasteiger partial charge in [0.05, 0.1) is 6.10 Å². The minimum atomic E-state index is -1.65. The summed E-state index contributed by atoms with van der Waals surface area (Å²) in [5, 5.41) is 59.1. The first-order chi connectivity index (χ1) is 13.2. The molecule has 0 aliphatic carbocycles. The molecule has 0 spiro atoms. The second-order valence-corrected chi connectivity index (χ2v) is 6.51. The predicted molar refractivity (Wildman–Crippen MR) is 94.3 cm³/mol. The van der Waals surface area contributed by atoms with E-state index in [1.165, 1.54) is 31.2 Å². The third-order valence-electron chi connectivity index (χ3n) is 4.47. The molecule has 9 nitrogen and oxygen atoms in total. The van der Waals surface area contributed by atoms with Crippen molar-refractivity contribution < 1.29 is 44.9 Å². The summed E-state index contributed by atoms with van der Waals surface area (Å²) in [4.78, 5) is 12.8. The van der Waals surface area contributed by atoms with Crippen molar-refractivity contribution in [3.05, 3.63) is 47.5 Å². The molecule has 2 aromatic carbocycles. The fourth-order valence-electron chi connectivity index (χ4n) is 2.90. The molecule has 1 heterocycles. The second-order valence-electron chi connectivity index (χ2n) is 6.51. The number of aromatic hydroxyl groups is 3. The monoisotopic (exact) mass is 392 g/mol. The highest BCUT2D eigenvalue weighted by molar-refractivity contribution is 6.12. The molecular formula is C19H20O9. The lowest BCUT2D eigenvalue weighted by molar-refractivity contribution is -0.268. The normalized spacial score (nSPS) is 27.4. The standard InChI is InChI=1S/C19H20O9/c1-8-15(23)17(25)18(26)19(27-8)28-13-7-11(21)6-12(22)14(13)16(24)9-2-4-10(20)5-3-9/h2-8,15,17-23,25-26H,1H3/t8-,15-,17+,18+,19-/m1/s1. The number of ether oxygens (including phenoxy) is 2. The average Bonchev–Trinajstić information content (AvgIpc) is 2.64. The molecule has 1 saturated heterocycles. The maximum Gasteiger partial charge on any atom is 0.229 e. The summed E-state index contributed by atoms with van der Waals surface area (Å²) in [5.41, 5.74) is -0.190. The first kappa shape index (κ1) is 19.9. The van der Waals surface area contributed by atoms with Gasteiger partial charge < -0.3 is 40.1 Å². The van der Waals surface area contributed by atoms with Crippen LogP contribution in [0.5, 0.6) is 23.0 Å². The largest absolute Gasteiger partial charge is 0.508 e. The van der Waals surface area contributed by atoms with E-state index in [2.05, 4.69) is 0 Å². The molecule has 150 valence electrons. The highest BCUT2D eigenvalue weighted by Crippen LogP contribution is 2.36. The van der Waals surface area contributed by atoms with Crippen LogP contribution >= 0.6 is 0 Å². The number of rotatable bonds is 4. The molecule has 9 heteroatoms. The fourth-order valence-corrected chi connectivity index (χ4v) is 2.90. The van der Waals surface area contributed by atoms with Gasteiger partial charge in [-0.05, 0) is 31.2 Å². The summed E-state index contributed by atoms with van der Waals surface area (Å²) < 4.78 is 10.8. The van der Waals surface area contributed by atoms with Crippen molar-refractivity contribution in [3.63, 3.8) is 0 Å². The molecule has 1 fully saturated rings. The molecular weight excluding hydrogens is 372 g/mol. The SMILES string of the molecule is C[C@H]1O[C@H](Oc2cc(O)cc(O)c2C(=O)c2ccc(O)cc2)[C@@H](O)[C@@H](O)[C@@H]1O. The number of phenolic OH excluding ortho intramolecular Hbond substituents is 3. The number of benzene rings is 2. The third-order valence-corrected chi connectivity index (χ3v) is 4.47. The molecule has 0 amide bonds. The molecule has 2 aromatic rings. The smallest absolute Gasteiger partial charge is 0.229 e. The third kappa shape index (κ3) is 3.73. The van der Waals surface area contributed by atoms with Crippen LogP contribution in [-0.4, -0.2) is 67.1 Å². The van der Waals surface area contributed by atoms with Crippen LogP contribution in [0.25, 0.3) is 0 Å². The number of ketones is 1. The van der Waals surface area contributed by atoms with Crippen LogP contribution in [0.2, 0.25) is 0 Å². The molecule has 1 aliphatic rings. The van der Waals surface area contributed by atoms with E-state index in [0.29, 0.717) is 0 Å². The van der Waals surface area contributed by atoms with Crippen molar-refractivity contribution in [2.75, 3.05) is 0 Å². The number of hydrogen-bond acceptors (Lipinski definition) is 9. The number of aliphatic hydroxyl groups excluding tert-OH is 3. The molecule has 0 radical (unpaired) electrons. The predicted octanol–water partition coefficient (Wildman–Crippen LogP) is 0.241. The first-order valence-corrected chi connectivity index (χ1v) is 8.45. The number of phenols is 3. The quantitative estimate of drug-likeness (QED) is 0.401. The van der Waals surface area contributed by atoms with Gasteiger partial charge in [0.2, 0.25) is 12.1 Å². The molecule has 1 aliphatic heterocycles. The first-order valence-electron chi connectivity index (χ1n) is 8.45. The van der Waals surface area contributed by atoms with Crippen molar-refractivity contribution >= 4 is 5.78 Å². The number of carbonyl (C=O) groups excluding carboxylic acids is 1. The van der Waals surface area contributed by atoms with Gasteiger partial charge in [0, 0.05) is 17.7 Å². The van der Waals surface area contributed by atoms with Crippen LogP contribution in [0.15, 0.2) is 36.4 Å². The second kappa shape index (κ2) is 7.64. The number of hydrogen-bond donors (Lipinski definition) is 6. The topological polar surface area (TPSA) is 157 Å². The Balaban J connectivity index is 1.97. The summed E-state index contributed by atoms with van der Waals surface area (Å²) in [7, 11) is 0. The zero-order chi connectivity index (χ0) is 20.6.